The van der Waals surface area contributed by atoms with Crippen molar-refractivity contribution < 1.29 is 37.2 Å². The van der Waals surface area contributed by atoms with Crippen LogP contribution in [0.1, 0.15) is 12.0 Å². The number of alkyl halides is 3. The van der Waals surface area contributed by atoms with Crippen molar-refractivity contribution in [2.45, 2.75) is 24.6 Å². The van der Waals surface area contributed by atoms with Crippen molar-refractivity contribution in [3.05, 3.63) is 49.9 Å². The summed E-state index contributed by atoms with van der Waals surface area (Å²) in [6, 6.07) is 5.23. The van der Waals surface area contributed by atoms with Gasteiger partial charge in [-0.25, -0.2) is 4.79 Å². The Labute approximate surface area is 169 Å². The second kappa shape index (κ2) is 8.06. The van der Waals surface area contributed by atoms with Crippen LogP contribution >= 0.6 is 23.5 Å². The molecule has 1 aromatic carbocycles. The van der Waals surface area contributed by atoms with Crippen molar-refractivity contribution in [3.8, 4) is 0 Å². The van der Waals surface area contributed by atoms with E-state index >= 15 is 0 Å². The molecular formula is C16H11F3N2O6S2. The van der Waals surface area contributed by atoms with E-state index in [0.717, 1.165) is 16.7 Å². The van der Waals surface area contributed by atoms with Crippen molar-refractivity contribution >= 4 is 46.9 Å². The number of fused-ring (bicyclic) bond motifs is 1. The van der Waals surface area contributed by atoms with E-state index in [4.69, 9.17) is 4.74 Å². The van der Waals surface area contributed by atoms with E-state index in [1.165, 1.54) is 24.3 Å². The molecule has 8 nitrogen and oxygen atoms in total. The summed E-state index contributed by atoms with van der Waals surface area (Å²) >= 11 is 1.57. The Bertz CT molecular complexity index is 916. The fraction of sp³-hybridized carbons (Fsp3) is 0.312. The Balaban J connectivity index is 1.69. The third kappa shape index (κ3) is 4.56. The fourth-order valence-corrected chi connectivity index (χ4v) is 5.08. The molecule has 0 aromatic heterocycles. The number of esters is 1. The van der Waals surface area contributed by atoms with Crippen LogP contribution in [-0.2, 0) is 25.7 Å². The zero-order valence-electron chi connectivity index (χ0n) is 14.3. The van der Waals surface area contributed by atoms with Crippen LogP contribution in [0, 0.1) is 10.1 Å². The lowest BCUT2D eigenvalue weighted by molar-refractivity contribution is -0.384. The van der Waals surface area contributed by atoms with Crippen LogP contribution in [0.15, 0.2) is 34.2 Å². The van der Waals surface area contributed by atoms with Gasteiger partial charge in [0.25, 0.3) is 5.69 Å². The van der Waals surface area contributed by atoms with Gasteiger partial charge in [0.15, 0.2) is 5.70 Å². The van der Waals surface area contributed by atoms with Gasteiger partial charge >= 0.3 is 12.1 Å². The number of carbonyl (C=O) groups is 3. The maximum absolute atomic E-state index is 12.5. The van der Waals surface area contributed by atoms with Gasteiger partial charge in [-0.3, -0.25) is 24.6 Å². The minimum absolute atomic E-state index is 0.118. The first kappa shape index (κ1) is 21.2. The normalized spacial score (nSPS) is 18.4. The van der Waals surface area contributed by atoms with E-state index in [2.05, 4.69) is 0 Å². The number of rotatable bonds is 7. The molecule has 1 aromatic rings. The predicted octanol–water partition coefficient (Wildman–Crippen LogP) is 2.98. The quantitative estimate of drug-likeness (QED) is 0.271. The Morgan fingerprint density at radius 2 is 1.97 bits per heavy atom. The fourth-order valence-electron chi connectivity index (χ4n) is 2.46. The highest BCUT2D eigenvalue weighted by Crippen LogP contribution is 2.51. The van der Waals surface area contributed by atoms with Gasteiger partial charge in [0.2, 0.25) is 11.7 Å². The molecule has 0 N–H and O–H groups in total. The highest BCUT2D eigenvalue weighted by molar-refractivity contribution is 8.23. The molecule has 2 aliphatic rings. The van der Waals surface area contributed by atoms with Crippen molar-refractivity contribution in [3.63, 3.8) is 0 Å². The summed E-state index contributed by atoms with van der Waals surface area (Å²) in [5.41, 5.74) is 0.123. The Hall–Kier alpha value is -2.54. The maximum Gasteiger partial charge on any atom is 0.450 e. The largest absolute Gasteiger partial charge is 0.456 e. The number of β-lactam (4-membered cyclic amide) rings is 1. The van der Waals surface area contributed by atoms with Crippen molar-refractivity contribution in [1.29, 1.82) is 0 Å². The lowest BCUT2D eigenvalue weighted by atomic mass is 10.2. The number of hydrogen-bond donors (Lipinski definition) is 0. The monoisotopic (exact) mass is 448 g/mol. The lowest BCUT2D eigenvalue weighted by Crippen LogP contribution is -2.48. The van der Waals surface area contributed by atoms with Gasteiger partial charge in [0, 0.05) is 12.1 Å². The van der Waals surface area contributed by atoms with E-state index in [9.17, 15) is 37.7 Å². The van der Waals surface area contributed by atoms with Crippen LogP contribution in [0.3, 0.4) is 0 Å². The van der Waals surface area contributed by atoms with Gasteiger partial charge in [0.1, 0.15) is 6.61 Å². The summed E-state index contributed by atoms with van der Waals surface area (Å²) < 4.78 is 42.5. The number of amides is 1. The number of non-ortho nitro benzene ring substituents is 1. The average Bonchev–Trinajstić information content (AvgIpc) is 2.95. The van der Waals surface area contributed by atoms with Crippen molar-refractivity contribution in [2.24, 2.45) is 0 Å². The minimum atomic E-state index is -4.98. The summed E-state index contributed by atoms with van der Waals surface area (Å²) in [7, 11) is 0. The zero-order valence-corrected chi connectivity index (χ0v) is 15.9. The number of benzene rings is 1. The molecule has 3 rings (SSSR count). The number of nitro groups is 1. The maximum atomic E-state index is 12.5. The highest BCUT2D eigenvalue weighted by Gasteiger charge is 2.49. The number of thioether (sulfide) groups is 2. The van der Waals surface area contributed by atoms with Crippen LogP contribution in [-0.4, -0.2) is 44.8 Å². The highest BCUT2D eigenvalue weighted by atomic mass is 32.2. The summed E-state index contributed by atoms with van der Waals surface area (Å²) in [6.07, 6.45) is -4.86. The third-order valence-electron chi connectivity index (χ3n) is 3.94. The number of Topliss-reactive ketones (excluding diaryl/α,β-unsaturated/α-hetero) is 1. The molecule has 2 heterocycles. The first-order chi connectivity index (χ1) is 13.6. The van der Waals surface area contributed by atoms with Crippen LogP contribution in [0.25, 0.3) is 0 Å². The number of ketones is 1. The number of carbonyl (C=O) groups excluding carboxylic acids is 3. The molecule has 0 aliphatic carbocycles. The molecule has 13 heteroatoms. The molecule has 0 saturated carbocycles. The number of hydrogen-bond acceptors (Lipinski definition) is 8. The summed E-state index contributed by atoms with van der Waals surface area (Å²) in [5, 5.41) is 10.2. The number of nitrogens with zero attached hydrogens (tertiary/aromatic N) is 2. The Morgan fingerprint density at radius 1 is 1.31 bits per heavy atom. The van der Waals surface area contributed by atoms with E-state index in [1.807, 2.05) is 0 Å². The third-order valence-corrected chi connectivity index (χ3v) is 6.51. The van der Waals surface area contributed by atoms with Gasteiger partial charge in [-0.05, 0) is 17.7 Å². The first-order valence-corrected chi connectivity index (χ1v) is 9.80. The Kier molecular flexibility index (Phi) is 5.89. The smallest absolute Gasteiger partial charge is 0.450 e. The molecule has 1 fully saturated rings. The molecule has 0 bridgehead atoms. The van der Waals surface area contributed by atoms with E-state index < -0.39 is 34.0 Å². The topological polar surface area (TPSA) is 107 Å². The minimum Gasteiger partial charge on any atom is -0.456 e. The number of ether oxygens (including phenoxy) is 1. The van der Waals surface area contributed by atoms with Gasteiger partial charge < -0.3 is 4.74 Å². The van der Waals surface area contributed by atoms with Crippen molar-refractivity contribution in [2.75, 3.05) is 5.75 Å². The number of nitro benzene ring substituents is 1. The van der Waals surface area contributed by atoms with E-state index in [-0.39, 0.29) is 34.6 Å². The van der Waals surface area contributed by atoms with Crippen molar-refractivity contribution in [1.82, 2.24) is 4.90 Å². The Morgan fingerprint density at radius 3 is 2.52 bits per heavy atom. The average molecular weight is 448 g/mol. The van der Waals surface area contributed by atoms with Gasteiger partial charge in [-0.2, -0.15) is 13.2 Å². The van der Waals surface area contributed by atoms with E-state index in [1.54, 1.807) is 0 Å². The van der Waals surface area contributed by atoms with Gasteiger partial charge in [-0.15, -0.1) is 11.8 Å². The molecule has 29 heavy (non-hydrogen) atoms. The van der Waals surface area contributed by atoms with Crippen LogP contribution in [0.2, 0.25) is 0 Å². The molecule has 2 aliphatic heterocycles. The summed E-state index contributed by atoms with van der Waals surface area (Å²) in [5.74, 6) is -4.16. The van der Waals surface area contributed by atoms with Gasteiger partial charge in [0.05, 0.1) is 26.7 Å². The molecule has 1 atom stereocenters. The zero-order chi connectivity index (χ0) is 21.3. The van der Waals surface area contributed by atoms with Crippen LogP contribution in [0.5, 0.6) is 0 Å². The SMILES string of the molecule is O=C(OCc1ccc([N+](=O)[O-])cc1)C1=C(SCC(=O)C(F)(F)F)S[C@@H]2CC(=O)N12. The molecule has 0 radical (unpaired) electrons. The second-order valence-electron chi connectivity index (χ2n) is 5.89. The lowest BCUT2D eigenvalue weighted by Gasteiger charge is -2.34. The predicted molar refractivity (Wildman–Crippen MR) is 96.3 cm³/mol. The molecule has 154 valence electrons. The number of halogens is 3. The summed E-state index contributed by atoms with van der Waals surface area (Å²) in [6.45, 7) is -0.253. The van der Waals surface area contributed by atoms with Crippen LogP contribution < -0.4 is 0 Å². The standard InChI is InChI=1S/C16H11F3N2O6S2/c17-16(18,19)10(22)7-28-15-13(20-11(23)5-12(20)29-15)14(24)27-6-8-1-3-9(4-2-8)21(25)26/h1-4,12H,5-7H2/t12-/m1/s1. The molecule has 1 saturated heterocycles. The van der Waals surface area contributed by atoms with E-state index in [0.29, 0.717) is 17.3 Å². The molecule has 0 unspecified atom stereocenters. The van der Waals surface area contributed by atoms with Gasteiger partial charge in [-0.1, -0.05) is 11.8 Å². The first-order valence-electron chi connectivity index (χ1n) is 7.94. The molecule has 1 amide bonds. The molecule has 0 spiro atoms. The second-order valence-corrected chi connectivity index (χ2v) is 8.32. The van der Waals surface area contributed by atoms with Crippen LogP contribution in [0.4, 0.5) is 18.9 Å². The summed E-state index contributed by atoms with van der Waals surface area (Å²) in [4.78, 5) is 46.6. The molecular weight excluding hydrogens is 437 g/mol.